The average Bonchev–Trinajstić information content (AvgIpc) is 3.36. The van der Waals surface area contributed by atoms with E-state index < -0.39 is 0 Å². The fourth-order valence-corrected chi connectivity index (χ4v) is 4.49. The van der Waals surface area contributed by atoms with Gasteiger partial charge in [0, 0.05) is 41.8 Å². The molecule has 0 saturated heterocycles. The summed E-state index contributed by atoms with van der Waals surface area (Å²) in [5, 5.41) is 1.15. The molecule has 1 aromatic heterocycles. The molecular formula is C31H35N3O4. The molecule has 0 aliphatic heterocycles. The van der Waals surface area contributed by atoms with Crippen molar-refractivity contribution in [3.63, 3.8) is 0 Å². The van der Waals surface area contributed by atoms with Crippen LogP contribution in [0, 0.1) is 0 Å². The van der Waals surface area contributed by atoms with Gasteiger partial charge in [0.2, 0.25) is 5.91 Å². The summed E-state index contributed by atoms with van der Waals surface area (Å²) in [7, 11) is 3.20. The minimum absolute atomic E-state index is 0.0161. The monoisotopic (exact) mass is 513 g/mol. The number of carbonyl (C=O) groups is 2. The van der Waals surface area contributed by atoms with Crippen molar-refractivity contribution in [1.29, 1.82) is 0 Å². The lowest BCUT2D eigenvalue weighted by molar-refractivity contribution is -0.132. The van der Waals surface area contributed by atoms with Gasteiger partial charge >= 0.3 is 0 Å². The Balaban J connectivity index is 1.55. The Bertz CT molecular complexity index is 1380. The number of nitrogens with zero attached hydrogens (tertiary/aromatic N) is 2. The number of H-pyrrole nitrogens is 1. The van der Waals surface area contributed by atoms with Gasteiger partial charge in [-0.1, -0.05) is 36.4 Å². The standard InChI is InChI=1S/C31H35N3O4/c1-22(2)34(31(36)24-8-7-9-27(18-24)38-4)21-30(35)33(20-23-12-14-26(37-3)15-13-23)17-16-25-19-32-29-11-6-5-10-28(25)29/h5-15,18-19,22,32H,16-17,20-21H2,1-4H3. The number of para-hydroxylation sites is 1. The number of ether oxygens (including phenoxy) is 2. The number of carbonyl (C=O) groups excluding carboxylic acids is 2. The first-order valence-electron chi connectivity index (χ1n) is 12.8. The summed E-state index contributed by atoms with van der Waals surface area (Å²) in [5.74, 6) is 1.06. The van der Waals surface area contributed by atoms with E-state index in [1.54, 1.807) is 43.4 Å². The van der Waals surface area contributed by atoms with E-state index in [-0.39, 0.29) is 24.4 Å². The van der Waals surface area contributed by atoms with Crippen molar-refractivity contribution in [2.24, 2.45) is 0 Å². The van der Waals surface area contributed by atoms with Gasteiger partial charge in [-0.15, -0.1) is 0 Å². The Hall–Kier alpha value is -4.26. The SMILES string of the molecule is COc1ccc(CN(CCc2c[nH]c3ccccc23)C(=O)CN(C(=O)c2cccc(OC)c2)C(C)C)cc1. The number of aromatic amines is 1. The van der Waals surface area contributed by atoms with E-state index in [4.69, 9.17) is 9.47 Å². The third kappa shape index (κ3) is 6.35. The van der Waals surface area contributed by atoms with Crippen molar-refractivity contribution in [3.8, 4) is 11.5 Å². The van der Waals surface area contributed by atoms with Gasteiger partial charge in [-0.05, 0) is 67.8 Å². The summed E-state index contributed by atoms with van der Waals surface area (Å²) in [6.45, 7) is 4.78. The third-order valence-corrected chi connectivity index (χ3v) is 6.72. The summed E-state index contributed by atoms with van der Waals surface area (Å²) >= 11 is 0. The maximum absolute atomic E-state index is 13.7. The van der Waals surface area contributed by atoms with Crippen LogP contribution >= 0.6 is 0 Å². The summed E-state index contributed by atoms with van der Waals surface area (Å²) in [5.41, 5.74) is 3.71. The maximum atomic E-state index is 13.7. The largest absolute Gasteiger partial charge is 0.497 e. The van der Waals surface area contributed by atoms with E-state index in [1.807, 2.05) is 67.4 Å². The molecule has 4 aromatic rings. The molecule has 0 bridgehead atoms. The summed E-state index contributed by atoms with van der Waals surface area (Å²) in [4.78, 5) is 33.9. The fraction of sp³-hybridized carbons (Fsp3) is 0.290. The number of amides is 2. The van der Waals surface area contributed by atoms with Crippen LogP contribution in [0.4, 0.5) is 0 Å². The third-order valence-electron chi connectivity index (χ3n) is 6.72. The first-order valence-corrected chi connectivity index (χ1v) is 12.8. The normalized spacial score (nSPS) is 11.0. The summed E-state index contributed by atoms with van der Waals surface area (Å²) < 4.78 is 10.6. The van der Waals surface area contributed by atoms with E-state index in [9.17, 15) is 9.59 Å². The smallest absolute Gasteiger partial charge is 0.254 e. The van der Waals surface area contributed by atoms with Crippen molar-refractivity contribution >= 4 is 22.7 Å². The van der Waals surface area contributed by atoms with E-state index >= 15 is 0 Å². The zero-order chi connectivity index (χ0) is 27.1. The minimum atomic E-state index is -0.201. The predicted molar refractivity (Wildman–Crippen MR) is 150 cm³/mol. The lowest BCUT2D eigenvalue weighted by atomic mass is 10.1. The van der Waals surface area contributed by atoms with Gasteiger partial charge < -0.3 is 24.3 Å². The topological polar surface area (TPSA) is 74.9 Å². The molecule has 0 aliphatic rings. The van der Waals surface area contributed by atoms with E-state index in [1.165, 1.54) is 0 Å². The van der Waals surface area contributed by atoms with Crippen molar-refractivity contribution in [1.82, 2.24) is 14.8 Å². The van der Waals surface area contributed by atoms with Gasteiger partial charge in [0.15, 0.2) is 0 Å². The van der Waals surface area contributed by atoms with Crippen molar-refractivity contribution in [3.05, 3.63) is 95.7 Å². The number of rotatable bonds is 11. The molecule has 2 amide bonds. The van der Waals surface area contributed by atoms with Crippen molar-refractivity contribution in [2.75, 3.05) is 27.3 Å². The number of hydrogen-bond acceptors (Lipinski definition) is 4. The highest BCUT2D eigenvalue weighted by molar-refractivity contribution is 5.97. The molecule has 7 nitrogen and oxygen atoms in total. The zero-order valence-electron chi connectivity index (χ0n) is 22.4. The highest BCUT2D eigenvalue weighted by Gasteiger charge is 2.25. The summed E-state index contributed by atoms with van der Waals surface area (Å²) in [6, 6.07) is 22.7. The number of benzene rings is 3. The lowest BCUT2D eigenvalue weighted by Gasteiger charge is -2.30. The second kappa shape index (κ2) is 12.3. The summed E-state index contributed by atoms with van der Waals surface area (Å²) in [6.07, 6.45) is 2.70. The Labute approximate surface area is 224 Å². The van der Waals surface area contributed by atoms with Crippen LogP contribution in [0.3, 0.4) is 0 Å². The van der Waals surface area contributed by atoms with Gasteiger partial charge in [-0.25, -0.2) is 0 Å². The van der Waals surface area contributed by atoms with Crippen LogP contribution in [0.1, 0.15) is 35.3 Å². The molecule has 4 rings (SSSR count). The van der Waals surface area contributed by atoms with Crippen LogP contribution in [0.2, 0.25) is 0 Å². The molecule has 0 radical (unpaired) electrons. The minimum Gasteiger partial charge on any atom is -0.497 e. The first kappa shape index (κ1) is 26.8. The van der Waals surface area contributed by atoms with Gasteiger partial charge in [0.25, 0.3) is 5.91 Å². The fourth-order valence-electron chi connectivity index (χ4n) is 4.49. The van der Waals surface area contributed by atoms with E-state index in [2.05, 4.69) is 11.1 Å². The van der Waals surface area contributed by atoms with Crippen LogP contribution in [-0.2, 0) is 17.8 Å². The molecule has 0 atom stereocenters. The molecule has 1 N–H and O–H groups in total. The van der Waals surface area contributed by atoms with Crippen LogP contribution in [0.15, 0.2) is 79.0 Å². The molecule has 38 heavy (non-hydrogen) atoms. The van der Waals surface area contributed by atoms with E-state index in [0.717, 1.165) is 27.8 Å². The number of hydrogen-bond donors (Lipinski definition) is 1. The van der Waals surface area contributed by atoms with Crippen LogP contribution < -0.4 is 9.47 Å². The molecule has 3 aromatic carbocycles. The highest BCUT2D eigenvalue weighted by Crippen LogP contribution is 2.20. The molecular weight excluding hydrogens is 478 g/mol. The molecule has 0 fully saturated rings. The number of fused-ring (bicyclic) bond motifs is 1. The van der Waals surface area contributed by atoms with Gasteiger partial charge in [0.05, 0.1) is 14.2 Å². The van der Waals surface area contributed by atoms with Crippen molar-refractivity contribution < 1.29 is 19.1 Å². The maximum Gasteiger partial charge on any atom is 0.254 e. The second-order valence-electron chi connectivity index (χ2n) is 9.53. The molecule has 0 aliphatic carbocycles. The molecule has 0 saturated carbocycles. The van der Waals surface area contributed by atoms with Crippen molar-refractivity contribution in [2.45, 2.75) is 32.9 Å². The molecule has 0 spiro atoms. The first-order chi connectivity index (χ1) is 18.4. The number of nitrogens with one attached hydrogen (secondary N) is 1. The van der Waals surface area contributed by atoms with Crippen LogP contribution in [0.5, 0.6) is 11.5 Å². The number of aromatic nitrogens is 1. The molecule has 1 heterocycles. The van der Waals surface area contributed by atoms with Gasteiger partial charge in [-0.2, -0.15) is 0 Å². The Morgan fingerprint density at radius 2 is 1.63 bits per heavy atom. The van der Waals surface area contributed by atoms with Gasteiger partial charge in [0.1, 0.15) is 18.0 Å². The quantitative estimate of drug-likeness (QED) is 0.295. The average molecular weight is 514 g/mol. The Morgan fingerprint density at radius 1 is 0.895 bits per heavy atom. The van der Waals surface area contributed by atoms with Gasteiger partial charge in [-0.3, -0.25) is 9.59 Å². The second-order valence-corrected chi connectivity index (χ2v) is 9.53. The highest BCUT2D eigenvalue weighted by atomic mass is 16.5. The Morgan fingerprint density at radius 3 is 2.34 bits per heavy atom. The van der Waals surface area contributed by atoms with Crippen LogP contribution in [-0.4, -0.2) is 59.9 Å². The zero-order valence-corrected chi connectivity index (χ0v) is 22.4. The lowest BCUT2D eigenvalue weighted by Crippen LogP contribution is -2.46. The van der Waals surface area contributed by atoms with E-state index in [0.29, 0.717) is 30.8 Å². The number of methoxy groups -OCH3 is 2. The Kier molecular flexibility index (Phi) is 8.69. The molecule has 198 valence electrons. The van der Waals surface area contributed by atoms with Crippen LogP contribution in [0.25, 0.3) is 10.9 Å². The molecule has 7 heteroatoms. The molecule has 0 unspecified atom stereocenters. The predicted octanol–water partition coefficient (Wildman–Crippen LogP) is 5.31.